The number of benzene rings is 1. The van der Waals surface area contributed by atoms with Gasteiger partial charge in [0.1, 0.15) is 0 Å². The first-order valence-electron chi connectivity index (χ1n) is 7.25. The molecule has 21 heavy (non-hydrogen) atoms. The first-order chi connectivity index (χ1) is 10.2. The molecule has 0 aliphatic heterocycles. The number of nitrogens with one attached hydrogen (secondary N) is 1. The predicted octanol–water partition coefficient (Wildman–Crippen LogP) is 4.58. The summed E-state index contributed by atoms with van der Waals surface area (Å²) in [7, 11) is -3.26. The fourth-order valence-electron chi connectivity index (χ4n) is 2.28. The molecule has 0 saturated heterocycles. The molecular weight excluding hydrogens is 285 g/mol. The van der Waals surface area contributed by atoms with Crippen LogP contribution in [0.2, 0.25) is 0 Å². The zero-order chi connectivity index (χ0) is 15.1. The van der Waals surface area contributed by atoms with E-state index in [1.54, 1.807) is 0 Å². The van der Waals surface area contributed by atoms with Crippen LogP contribution in [0.4, 0.5) is 5.69 Å². The first-order valence-corrected chi connectivity index (χ1v) is 8.86. The SMILES string of the molecule is CCOP(=O)(OCC)C(Nc1ccccc1)C1=CC=CC1. The van der Waals surface area contributed by atoms with E-state index >= 15 is 0 Å². The second-order valence-corrected chi connectivity index (χ2v) is 6.77. The summed E-state index contributed by atoms with van der Waals surface area (Å²) in [6, 6.07) is 9.71. The summed E-state index contributed by atoms with van der Waals surface area (Å²) in [6.07, 6.45) is 6.74. The monoisotopic (exact) mass is 307 g/mol. The summed E-state index contributed by atoms with van der Waals surface area (Å²) in [6.45, 7) is 4.36. The minimum Gasteiger partial charge on any atom is -0.368 e. The molecule has 1 unspecified atom stereocenters. The van der Waals surface area contributed by atoms with Gasteiger partial charge in [-0.15, -0.1) is 0 Å². The number of hydrogen-bond donors (Lipinski definition) is 1. The largest absolute Gasteiger partial charge is 0.368 e. The minimum absolute atomic E-state index is 0.352. The van der Waals surface area contributed by atoms with Crippen LogP contribution in [0.25, 0.3) is 0 Å². The quantitative estimate of drug-likeness (QED) is 0.714. The summed E-state index contributed by atoms with van der Waals surface area (Å²) in [5.41, 5.74) is 1.92. The van der Waals surface area contributed by atoms with Gasteiger partial charge in [0.15, 0.2) is 5.78 Å². The molecular formula is C16H22NO3P. The topological polar surface area (TPSA) is 47.6 Å². The molecule has 1 atom stereocenters. The number of rotatable bonds is 8. The van der Waals surface area contributed by atoms with Crippen LogP contribution in [0.15, 0.2) is 54.1 Å². The molecule has 0 aromatic heterocycles. The van der Waals surface area contributed by atoms with E-state index in [9.17, 15) is 4.57 Å². The third-order valence-electron chi connectivity index (χ3n) is 3.16. The lowest BCUT2D eigenvalue weighted by Gasteiger charge is -2.29. The Balaban J connectivity index is 2.28. The van der Waals surface area contributed by atoms with Crippen LogP contribution in [0.1, 0.15) is 20.3 Å². The number of anilines is 1. The highest BCUT2D eigenvalue weighted by Gasteiger charge is 2.38. The minimum atomic E-state index is -3.26. The molecule has 5 heteroatoms. The van der Waals surface area contributed by atoms with Crippen LogP contribution >= 0.6 is 7.60 Å². The van der Waals surface area contributed by atoms with Crippen molar-refractivity contribution in [3.63, 3.8) is 0 Å². The zero-order valence-corrected chi connectivity index (χ0v) is 13.4. The van der Waals surface area contributed by atoms with Gasteiger partial charge >= 0.3 is 7.60 Å². The van der Waals surface area contributed by atoms with E-state index in [1.165, 1.54) is 0 Å². The molecule has 0 amide bonds. The lowest BCUT2D eigenvalue weighted by Crippen LogP contribution is -2.24. The highest BCUT2D eigenvalue weighted by Crippen LogP contribution is 2.56. The van der Waals surface area contributed by atoms with Crippen LogP contribution in [0.5, 0.6) is 0 Å². The summed E-state index contributed by atoms with van der Waals surface area (Å²) in [5, 5.41) is 3.31. The standard InChI is InChI=1S/C16H22NO3P/c1-3-19-21(18,20-4-2)16(14-10-8-9-11-14)17-15-12-6-5-7-13-15/h5-10,12-13,16-17H,3-4,11H2,1-2H3. The van der Waals surface area contributed by atoms with Crippen LogP contribution in [0, 0.1) is 0 Å². The van der Waals surface area contributed by atoms with Crippen molar-refractivity contribution in [2.75, 3.05) is 18.5 Å². The highest BCUT2D eigenvalue weighted by molar-refractivity contribution is 7.55. The third kappa shape index (κ3) is 4.07. The summed E-state index contributed by atoms with van der Waals surface area (Å²) in [5.74, 6) is -0.463. The molecule has 0 heterocycles. The third-order valence-corrected chi connectivity index (χ3v) is 5.49. The first kappa shape index (κ1) is 16.0. The van der Waals surface area contributed by atoms with Gasteiger partial charge < -0.3 is 14.4 Å². The van der Waals surface area contributed by atoms with Crippen molar-refractivity contribution in [1.82, 2.24) is 0 Å². The summed E-state index contributed by atoms with van der Waals surface area (Å²) < 4.78 is 24.2. The Hall–Kier alpha value is -1.35. The van der Waals surface area contributed by atoms with E-state index in [0.717, 1.165) is 17.7 Å². The van der Waals surface area contributed by atoms with E-state index < -0.39 is 13.4 Å². The van der Waals surface area contributed by atoms with Crippen molar-refractivity contribution in [1.29, 1.82) is 0 Å². The van der Waals surface area contributed by atoms with Gasteiger partial charge in [0.2, 0.25) is 0 Å². The zero-order valence-electron chi connectivity index (χ0n) is 12.5. The van der Waals surface area contributed by atoms with Gasteiger partial charge in [-0.2, -0.15) is 0 Å². The number of allylic oxidation sites excluding steroid dienone is 3. The van der Waals surface area contributed by atoms with E-state index in [-0.39, 0.29) is 0 Å². The Kier molecular flexibility index (Phi) is 5.80. The molecule has 0 fully saturated rings. The lowest BCUT2D eigenvalue weighted by atomic mass is 10.2. The fraction of sp³-hybridized carbons (Fsp3) is 0.375. The Morgan fingerprint density at radius 3 is 2.38 bits per heavy atom. The molecule has 0 bridgehead atoms. The van der Waals surface area contributed by atoms with E-state index in [4.69, 9.17) is 9.05 Å². The van der Waals surface area contributed by atoms with Crippen molar-refractivity contribution in [2.24, 2.45) is 0 Å². The van der Waals surface area contributed by atoms with Gasteiger partial charge in [0.25, 0.3) is 0 Å². The molecule has 1 aliphatic rings. The summed E-state index contributed by atoms with van der Waals surface area (Å²) in [4.78, 5) is 0. The molecule has 1 aliphatic carbocycles. The van der Waals surface area contributed by atoms with Crippen LogP contribution in [-0.4, -0.2) is 19.0 Å². The molecule has 0 saturated carbocycles. The van der Waals surface area contributed by atoms with E-state index in [0.29, 0.717) is 13.2 Å². The second-order valence-electron chi connectivity index (χ2n) is 4.66. The Labute approximate surface area is 126 Å². The normalized spacial score (nSPS) is 15.8. The molecule has 2 rings (SSSR count). The van der Waals surface area contributed by atoms with E-state index in [2.05, 4.69) is 5.32 Å². The van der Waals surface area contributed by atoms with Crippen molar-refractivity contribution in [2.45, 2.75) is 26.1 Å². The van der Waals surface area contributed by atoms with Gasteiger partial charge in [0, 0.05) is 5.69 Å². The molecule has 1 aromatic carbocycles. The molecule has 1 aromatic rings. The molecule has 0 radical (unpaired) electrons. The number of para-hydroxylation sites is 1. The van der Waals surface area contributed by atoms with Crippen molar-refractivity contribution in [3.8, 4) is 0 Å². The maximum Gasteiger partial charge on any atom is 0.356 e. The van der Waals surface area contributed by atoms with Crippen molar-refractivity contribution >= 4 is 13.3 Å². The lowest BCUT2D eigenvalue weighted by molar-refractivity contribution is 0.216. The van der Waals surface area contributed by atoms with Gasteiger partial charge in [-0.3, -0.25) is 4.57 Å². The molecule has 1 N–H and O–H groups in total. The number of hydrogen-bond acceptors (Lipinski definition) is 4. The Morgan fingerprint density at radius 2 is 1.86 bits per heavy atom. The molecule has 114 valence electrons. The average Bonchev–Trinajstić information content (AvgIpc) is 3.00. The fourth-order valence-corrected chi connectivity index (χ4v) is 4.28. The predicted molar refractivity (Wildman–Crippen MR) is 86.6 cm³/mol. The smallest absolute Gasteiger partial charge is 0.356 e. The van der Waals surface area contributed by atoms with Crippen LogP contribution in [-0.2, 0) is 13.6 Å². The maximum atomic E-state index is 13.1. The van der Waals surface area contributed by atoms with Crippen molar-refractivity contribution in [3.05, 3.63) is 54.1 Å². The van der Waals surface area contributed by atoms with Gasteiger partial charge in [-0.1, -0.05) is 36.4 Å². The van der Waals surface area contributed by atoms with Crippen molar-refractivity contribution < 1.29 is 13.6 Å². The van der Waals surface area contributed by atoms with Crippen LogP contribution < -0.4 is 5.32 Å². The highest BCUT2D eigenvalue weighted by atomic mass is 31.2. The molecule has 0 spiro atoms. The average molecular weight is 307 g/mol. The van der Waals surface area contributed by atoms with Gasteiger partial charge in [-0.25, -0.2) is 0 Å². The summed E-state index contributed by atoms with van der Waals surface area (Å²) >= 11 is 0. The second kappa shape index (κ2) is 7.60. The maximum absolute atomic E-state index is 13.1. The van der Waals surface area contributed by atoms with Gasteiger partial charge in [0.05, 0.1) is 13.2 Å². The molecule has 4 nitrogen and oxygen atoms in total. The van der Waals surface area contributed by atoms with Crippen LogP contribution in [0.3, 0.4) is 0 Å². The Morgan fingerprint density at radius 1 is 1.19 bits per heavy atom. The van der Waals surface area contributed by atoms with E-state index in [1.807, 2.05) is 62.4 Å². The Bertz CT molecular complexity index is 544. The van der Waals surface area contributed by atoms with Gasteiger partial charge in [-0.05, 0) is 38.0 Å².